The fraction of sp³-hybridized carbons (Fsp3) is 1.00. The van der Waals surface area contributed by atoms with Crippen LogP contribution in [0.2, 0.25) is 0 Å². The van der Waals surface area contributed by atoms with E-state index >= 15 is 0 Å². The molecule has 0 rings (SSSR count). The van der Waals surface area contributed by atoms with Crippen molar-refractivity contribution in [2.75, 3.05) is 6.61 Å². The minimum Gasteiger partial charge on any atom is -0.396 e. The maximum Gasteiger partial charge on any atom is 0.0797 e. The molecule has 0 bridgehead atoms. The molecule has 0 radical (unpaired) electrons. The van der Waals surface area contributed by atoms with Crippen LogP contribution in [0.1, 0.15) is 19.8 Å². The Balaban J connectivity index is 3.16. The fourth-order valence-electron chi connectivity index (χ4n) is 0.542. The Kier molecular flexibility index (Phi) is 4.67. The molecular weight excluding hydrogens is 120 g/mol. The number of hydrogen-bond acceptors (Lipinski definition) is 3. The van der Waals surface area contributed by atoms with Crippen molar-refractivity contribution in [3.63, 3.8) is 0 Å². The Bertz CT molecular complexity index is 63.3. The molecule has 3 N–H and O–H groups in total. The SMILES string of the molecule is C[C@@H](O)[C@H](O)CCCO. The molecule has 2 atom stereocenters. The van der Waals surface area contributed by atoms with Gasteiger partial charge in [-0.3, -0.25) is 0 Å². The van der Waals surface area contributed by atoms with E-state index in [2.05, 4.69) is 0 Å². The van der Waals surface area contributed by atoms with Crippen LogP contribution in [0.4, 0.5) is 0 Å². The van der Waals surface area contributed by atoms with Crippen LogP contribution in [0.5, 0.6) is 0 Å². The van der Waals surface area contributed by atoms with Gasteiger partial charge in [0.2, 0.25) is 0 Å². The Hall–Kier alpha value is -0.120. The van der Waals surface area contributed by atoms with Gasteiger partial charge in [0.05, 0.1) is 12.2 Å². The molecule has 0 heterocycles. The van der Waals surface area contributed by atoms with Crippen LogP contribution in [-0.4, -0.2) is 34.1 Å². The van der Waals surface area contributed by atoms with Gasteiger partial charge in [-0.25, -0.2) is 0 Å². The molecule has 9 heavy (non-hydrogen) atoms. The highest BCUT2D eigenvalue weighted by Crippen LogP contribution is 2.00. The second-order valence-corrected chi connectivity index (χ2v) is 2.17. The summed E-state index contributed by atoms with van der Waals surface area (Å²) in [6.07, 6.45) is -0.353. The second kappa shape index (κ2) is 4.73. The summed E-state index contributed by atoms with van der Waals surface area (Å²) in [4.78, 5) is 0. The molecule has 0 aliphatic carbocycles. The Morgan fingerprint density at radius 2 is 1.89 bits per heavy atom. The molecule has 0 aliphatic heterocycles. The standard InChI is InChI=1S/C6H14O3/c1-5(8)6(9)3-2-4-7/h5-9H,2-4H2,1H3/t5-,6-/m1/s1. The first-order valence-corrected chi connectivity index (χ1v) is 3.15. The molecule has 56 valence electrons. The number of aliphatic hydroxyl groups is 3. The second-order valence-electron chi connectivity index (χ2n) is 2.17. The normalized spacial score (nSPS) is 17.3. The lowest BCUT2D eigenvalue weighted by molar-refractivity contribution is 0.0224. The smallest absolute Gasteiger partial charge is 0.0797 e. The Morgan fingerprint density at radius 1 is 1.33 bits per heavy atom. The van der Waals surface area contributed by atoms with Crippen molar-refractivity contribution in [2.24, 2.45) is 0 Å². The lowest BCUT2D eigenvalue weighted by atomic mass is 10.1. The van der Waals surface area contributed by atoms with Crippen molar-refractivity contribution >= 4 is 0 Å². The van der Waals surface area contributed by atoms with Crippen LogP contribution >= 0.6 is 0 Å². The van der Waals surface area contributed by atoms with Crippen molar-refractivity contribution in [1.82, 2.24) is 0 Å². The third kappa shape index (κ3) is 4.39. The van der Waals surface area contributed by atoms with Crippen molar-refractivity contribution in [3.8, 4) is 0 Å². The molecule has 0 saturated heterocycles. The van der Waals surface area contributed by atoms with Gasteiger partial charge in [-0.2, -0.15) is 0 Å². The van der Waals surface area contributed by atoms with Crippen LogP contribution in [0.3, 0.4) is 0 Å². The summed E-state index contributed by atoms with van der Waals surface area (Å²) in [5.74, 6) is 0. The molecule has 0 saturated carbocycles. The summed E-state index contributed by atoms with van der Waals surface area (Å²) >= 11 is 0. The lowest BCUT2D eigenvalue weighted by Gasteiger charge is -2.11. The van der Waals surface area contributed by atoms with Gasteiger partial charge in [-0.1, -0.05) is 0 Å². The van der Waals surface area contributed by atoms with Gasteiger partial charge in [-0.15, -0.1) is 0 Å². The minimum absolute atomic E-state index is 0.0732. The van der Waals surface area contributed by atoms with E-state index in [4.69, 9.17) is 15.3 Å². The summed E-state index contributed by atoms with van der Waals surface area (Å²) in [5, 5.41) is 25.9. The molecule has 3 heteroatoms. The van der Waals surface area contributed by atoms with E-state index in [1.807, 2.05) is 0 Å². The van der Waals surface area contributed by atoms with Crippen LogP contribution < -0.4 is 0 Å². The quantitative estimate of drug-likeness (QED) is 0.486. The van der Waals surface area contributed by atoms with E-state index in [1.165, 1.54) is 6.92 Å². The zero-order chi connectivity index (χ0) is 7.28. The maximum absolute atomic E-state index is 8.90. The molecule has 0 aromatic rings. The molecule has 0 fully saturated rings. The molecular formula is C6H14O3. The van der Waals surface area contributed by atoms with Crippen LogP contribution in [0.25, 0.3) is 0 Å². The summed E-state index contributed by atoms with van der Waals surface area (Å²) in [6.45, 7) is 1.60. The average Bonchev–Trinajstić information content (AvgIpc) is 1.82. The molecule has 0 amide bonds. The molecule has 0 aliphatic rings. The molecule has 0 spiro atoms. The molecule has 0 aromatic carbocycles. The van der Waals surface area contributed by atoms with Gasteiger partial charge < -0.3 is 15.3 Å². The minimum atomic E-state index is -0.684. The Morgan fingerprint density at radius 3 is 2.22 bits per heavy atom. The van der Waals surface area contributed by atoms with Crippen LogP contribution in [-0.2, 0) is 0 Å². The number of rotatable bonds is 4. The summed E-state index contributed by atoms with van der Waals surface area (Å²) < 4.78 is 0. The zero-order valence-electron chi connectivity index (χ0n) is 5.62. The third-order valence-corrected chi connectivity index (χ3v) is 1.21. The van der Waals surface area contributed by atoms with E-state index < -0.39 is 12.2 Å². The fourth-order valence-corrected chi connectivity index (χ4v) is 0.542. The Labute approximate surface area is 54.9 Å². The van der Waals surface area contributed by atoms with Gasteiger partial charge in [0.25, 0.3) is 0 Å². The van der Waals surface area contributed by atoms with E-state index in [0.717, 1.165) is 0 Å². The average molecular weight is 134 g/mol. The van der Waals surface area contributed by atoms with Crippen LogP contribution in [0, 0.1) is 0 Å². The van der Waals surface area contributed by atoms with E-state index in [-0.39, 0.29) is 6.61 Å². The van der Waals surface area contributed by atoms with E-state index in [0.29, 0.717) is 12.8 Å². The first-order valence-electron chi connectivity index (χ1n) is 3.15. The molecule has 0 unspecified atom stereocenters. The number of aliphatic hydroxyl groups excluding tert-OH is 3. The predicted molar refractivity (Wildman–Crippen MR) is 34.0 cm³/mol. The highest BCUT2D eigenvalue weighted by Gasteiger charge is 2.08. The molecule has 3 nitrogen and oxygen atoms in total. The lowest BCUT2D eigenvalue weighted by Crippen LogP contribution is -2.22. The highest BCUT2D eigenvalue weighted by atomic mass is 16.3. The third-order valence-electron chi connectivity index (χ3n) is 1.21. The van der Waals surface area contributed by atoms with Gasteiger partial charge in [-0.05, 0) is 19.8 Å². The number of hydrogen-bond donors (Lipinski definition) is 3. The van der Waals surface area contributed by atoms with Gasteiger partial charge >= 0.3 is 0 Å². The van der Waals surface area contributed by atoms with Gasteiger partial charge in [0.1, 0.15) is 0 Å². The summed E-state index contributed by atoms with van der Waals surface area (Å²) in [6, 6.07) is 0. The molecule has 0 aromatic heterocycles. The van der Waals surface area contributed by atoms with Crippen LogP contribution in [0.15, 0.2) is 0 Å². The predicted octanol–water partition coefficient (Wildman–Crippen LogP) is -0.499. The summed E-state index contributed by atoms with van der Waals surface area (Å²) in [5.41, 5.74) is 0. The monoisotopic (exact) mass is 134 g/mol. The van der Waals surface area contributed by atoms with Crippen molar-refractivity contribution in [2.45, 2.75) is 32.0 Å². The highest BCUT2D eigenvalue weighted by molar-refractivity contribution is 4.60. The van der Waals surface area contributed by atoms with Crippen molar-refractivity contribution in [3.05, 3.63) is 0 Å². The maximum atomic E-state index is 8.90. The van der Waals surface area contributed by atoms with Gasteiger partial charge in [0.15, 0.2) is 0 Å². The van der Waals surface area contributed by atoms with Crippen molar-refractivity contribution < 1.29 is 15.3 Å². The first-order chi connectivity index (χ1) is 4.18. The largest absolute Gasteiger partial charge is 0.396 e. The topological polar surface area (TPSA) is 60.7 Å². The van der Waals surface area contributed by atoms with E-state index in [1.54, 1.807) is 0 Å². The van der Waals surface area contributed by atoms with Crippen molar-refractivity contribution in [1.29, 1.82) is 0 Å². The zero-order valence-corrected chi connectivity index (χ0v) is 5.62. The summed E-state index contributed by atoms with van der Waals surface area (Å²) in [7, 11) is 0. The first kappa shape index (κ1) is 8.88. The van der Waals surface area contributed by atoms with E-state index in [9.17, 15) is 0 Å². The van der Waals surface area contributed by atoms with Gasteiger partial charge in [0, 0.05) is 6.61 Å².